The maximum Gasteiger partial charge on any atom is 0.420 e. The Balaban J connectivity index is 2.26. The molecule has 1 aliphatic heterocycles. The first kappa shape index (κ1) is 8.55. The molecule has 1 amide bonds. The van der Waals surface area contributed by atoms with Crippen LogP contribution < -0.4 is 4.90 Å². The Hall–Kier alpha value is -2.04. The fourth-order valence-corrected chi connectivity index (χ4v) is 1.24. The van der Waals surface area contributed by atoms with Gasteiger partial charge in [0.25, 0.3) is 6.23 Å². The van der Waals surface area contributed by atoms with Crippen molar-refractivity contribution < 1.29 is 19.4 Å². The number of para-hydroxylation sites is 1. The summed E-state index contributed by atoms with van der Waals surface area (Å²) in [7, 11) is 0. The predicted octanol–water partition coefficient (Wildman–Crippen LogP) is 1.05. The molecule has 1 heterocycles. The van der Waals surface area contributed by atoms with Crippen molar-refractivity contribution in [2.75, 3.05) is 4.90 Å². The van der Waals surface area contributed by atoms with E-state index >= 15 is 0 Å². The van der Waals surface area contributed by atoms with E-state index < -0.39 is 18.3 Å². The predicted molar refractivity (Wildman–Crippen MR) is 46.8 cm³/mol. The number of ether oxygens (including phenoxy) is 1. The van der Waals surface area contributed by atoms with Gasteiger partial charge in [0.2, 0.25) is 0 Å². The molecule has 0 unspecified atom stereocenters. The van der Waals surface area contributed by atoms with E-state index in [0.717, 1.165) is 4.90 Å². The lowest BCUT2D eigenvalue weighted by Gasteiger charge is -2.36. The molecule has 1 saturated heterocycles. The number of hydrogen-bond donors (Lipinski definition) is 1. The average Bonchev–Trinajstić information content (AvgIpc) is 2.15. The zero-order chi connectivity index (χ0) is 10.1. The van der Waals surface area contributed by atoms with Crippen molar-refractivity contribution in [2.24, 2.45) is 0 Å². The number of carboxylic acid groups (broad SMARTS) is 1. The van der Waals surface area contributed by atoms with E-state index in [1.165, 1.54) is 0 Å². The lowest BCUT2D eigenvalue weighted by molar-refractivity contribution is -0.150. The highest BCUT2D eigenvalue weighted by Gasteiger charge is 2.44. The first-order valence-electron chi connectivity index (χ1n) is 3.98. The summed E-state index contributed by atoms with van der Waals surface area (Å²) < 4.78 is 4.46. The Morgan fingerprint density at radius 3 is 2.50 bits per heavy atom. The van der Waals surface area contributed by atoms with Crippen molar-refractivity contribution in [2.45, 2.75) is 6.23 Å². The van der Waals surface area contributed by atoms with Gasteiger partial charge >= 0.3 is 12.1 Å². The Bertz CT molecular complexity index is 376. The van der Waals surface area contributed by atoms with Crippen LogP contribution in [0.25, 0.3) is 0 Å². The molecule has 5 heteroatoms. The summed E-state index contributed by atoms with van der Waals surface area (Å²) in [6.07, 6.45) is -1.83. The molecule has 0 radical (unpaired) electrons. The quantitative estimate of drug-likeness (QED) is 0.762. The third kappa shape index (κ3) is 1.19. The molecule has 0 aliphatic carbocycles. The molecule has 1 N–H and O–H groups in total. The van der Waals surface area contributed by atoms with Crippen molar-refractivity contribution in [3.63, 3.8) is 0 Å². The van der Waals surface area contributed by atoms with Crippen LogP contribution >= 0.6 is 0 Å². The first-order chi connectivity index (χ1) is 6.70. The van der Waals surface area contributed by atoms with Gasteiger partial charge in [0.05, 0.1) is 5.69 Å². The number of cyclic esters (lactones) is 1. The number of benzene rings is 1. The lowest BCUT2D eigenvalue weighted by Crippen LogP contribution is -2.58. The number of amides is 1. The third-order valence-corrected chi connectivity index (χ3v) is 1.89. The molecule has 1 fully saturated rings. The van der Waals surface area contributed by atoms with Gasteiger partial charge in [-0.3, -0.25) is 0 Å². The van der Waals surface area contributed by atoms with Crippen LogP contribution in [0.5, 0.6) is 0 Å². The molecule has 5 nitrogen and oxygen atoms in total. The average molecular weight is 193 g/mol. The molecule has 72 valence electrons. The molecule has 1 aromatic rings. The standard InChI is InChI=1S/C9H7NO4/c11-8(12)7-10(9(13)14-7)6-4-2-1-3-5-6/h1-5,7H,(H,11,12)/t7-/m0/s1. The molecule has 1 aliphatic rings. The smallest absolute Gasteiger partial charge is 0.420 e. The van der Waals surface area contributed by atoms with Crippen LogP contribution in [0.15, 0.2) is 30.3 Å². The van der Waals surface area contributed by atoms with Crippen LogP contribution in [0, 0.1) is 0 Å². The van der Waals surface area contributed by atoms with Gasteiger partial charge in [-0.25, -0.2) is 14.5 Å². The minimum Gasteiger partial charge on any atom is -0.477 e. The first-order valence-corrected chi connectivity index (χ1v) is 3.98. The van der Waals surface area contributed by atoms with Crippen LogP contribution in [0.1, 0.15) is 0 Å². The second kappa shape index (κ2) is 3.02. The molecular weight excluding hydrogens is 186 g/mol. The molecule has 1 atom stereocenters. The normalized spacial score (nSPS) is 19.9. The monoisotopic (exact) mass is 193 g/mol. The second-order valence-electron chi connectivity index (χ2n) is 2.78. The van der Waals surface area contributed by atoms with E-state index in [4.69, 9.17) is 5.11 Å². The summed E-state index contributed by atoms with van der Waals surface area (Å²) in [6.45, 7) is 0. The van der Waals surface area contributed by atoms with E-state index in [9.17, 15) is 9.59 Å². The molecule has 14 heavy (non-hydrogen) atoms. The van der Waals surface area contributed by atoms with Crippen molar-refractivity contribution in [1.29, 1.82) is 0 Å². The molecule has 0 saturated carbocycles. The molecular formula is C9H7NO4. The molecule has 0 spiro atoms. The van der Waals surface area contributed by atoms with Gasteiger partial charge in [-0.1, -0.05) is 18.2 Å². The Labute approximate surface area is 79.5 Å². The van der Waals surface area contributed by atoms with Crippen LogP contribution in [0.4, 0.5) is 10.5 Å². The number of carbonyl (C=O) groups excluding carboxylic acids is 1. The van der Waals surface area contributed by atoms with Crippen molar-refractivity contribution in [1.82, 2.24) is 0 Å². The van der Waals surface area contributed by atoms with Crippen LogP contribution in [0.2, 0.25) is 0 Å². The topological polar surface area (TPSA) is 66.8 Å². The summed E-state index contributed by atoms with van der Waals surface area (Å²) in [5, 5.41) is 8.66. The summed E-state index contributed by atoms with van der Waals surface area (Å²) in [5.74, 6) is -1.17. The number of rotatable bonds is 2. The van der Waals surface area contributed by atoms with Gasteiger partial charge in [0.15, 0.2) is 0 Å². The zero-order valence-corrected chi connectivity index (χ0v) is 7.08. The second-order valence-corrected chi connectivity index (χ2v) is 2.78. The van der Waals surface area contributed by atoms with Crippen molar-refractivity contribution in [3.8, 4) is 0 Å². The minimum absolute atomic E-state index is 0.524. The van der Waals surface area contributed by atoms with E-state index in [1.807, 2.05) is 0 Å². The summed E-state index contributed by atoms with van der Waals surface area (Å²) in [4.78, 5) is 22.7. The van der Waals surface area contributed by atoms with Gasteiger partial charge in [0.1, 0.15) is 0 Å². The number of hydrogen-bond acceptors (Lipinski definition) is 3. The highest BCUT2D eigenvalue weighted by molar-refractivity contribution is 6.01. The molecule has 2 rings (SSSR count). The van der Waals surface area contributed by atoms with Crippen LogP contribution in [0.3, 0.4) is 0 Å². The van der Waals surface area contributed by atoms with Crippen molar-refractivity contribution in [3.05, 3.63) is 30.3 Å². The molecule has 1 aromatic carbocycles. The summed E-state index contributed by atoms with van der Waals surface area (Å²) in [5.41, 5.74) is 0.524. The van der Waals surface area contributed by atoms with Gasteiger partial charge < -0.3 is 9.84 Å². The summed E-state index contributed by atoms with van der Waals surface area (Å²) in [6, 6.07) is 8.52. The number of aliphatic carboxylic acids is 1. The minimum atomic E-state index is -1.19. The van der Waals surface area contributed by atoms with Gasteiger partial charge in [-0.15, -0.1) is 0 Å². The number of anilines is 1. The number of carbonyl (C=O) groups is 2. The zero-order valence-electron chi connectivity index (χ0n) is 7.08. The van der Waals surface area contributed by atoms with Crippen LogP contribution in [-0.4, -0.2) is 23.4 Å². The van der Waals surface area contributed by atoms with E-state index in [-0.39, 0.29) is 0 Å². The highest BCUT2D eigenvalue weighted by Crippen LogP contribution is 2.25. The highest BCUT2D eigenvalue weighted by atomic mass is 16.6. The van der Waals surface area contributed by atoms with Crippen LogP contribution in [-0.2, 0) is 9.53 Å². The molecule has 0 bridgehead atoms. The fraction of sp³-hybridized carbons (Fsp3) is 0.111. The maximum absolute atomic E-state index is 11.0. The molecule has 0 aromatic heterocycles. The van der Waals surface area contributed by atoms with Gasteiger partial charge in [0, 0.05) is 0 Å². The Kier molecular flexibility index (Phi) is 1.85. The number of nitrogens with zero attached hydrogens (tertiary/aromatic N) is 1. The maximum atomic E-state index is 11.0. The van der Waals surface area contributed by atoms with Gasteiger partial charge in [-0.05, 0) is 12.1 Å². The van der Waals surface area contributed by atoms with Gasteiger partial charge in [-0.2, -0.15) is 0 Å². The number of carboxylic acids is 1. The fourth-order valence-electron chi connectivity index (χ4n) is 1.24. The lowest BCUT2D eigenvalue weighted by atomic mass is 10.2. The third-order valence-electron chi connectivity index (χ3n) is 1.89. The van der Waals surface area contributed by atoms with E-state index in [0.29, 0.717) is 5.69 Å². The Morgan fingerprint density at radius 2 is 2.00 bits per heavy atom. The summed E-state index contributed by atoms with van der Waals surface area (Å²) >= 11 is 0. The van der Waals surface area contributed by atoms with E-state index in [2.05, 4.69) is 4.74 Å². The largest absolute Gasteiger partial charge is 0.477 e. The Morgan fingerprint density at radius 1 is 1.36 bits per heavy atom. The van der Waals surface area contributed by atoms with E-state index in [1.54, 1.807) is 30.3 Å². The van der Waals surface area contributed by atoms with Crippen molar-refractivity contribution >= 4 is 17.7 Å². The SMILES string of the molecule is O=C(O)[C@@H]1OC(=O)N1c1ccccc1.